The molecule has 0 spiro atoms. The van der Waals surface area contributed by atoms with Crippen molar-refractivity contribution in [1.82, 2.24) is 10.2 Å². The maximum Gasteiger partial charge on any atom is 0.0869 e. The number of nitrogens with zero attached hydrogens (tertiary/aromatic N) is 1. The number of nitrogens with one attached hydrogen (secondary N) is 1. The van der Waals surface area contributed by atoms with Gasteiger partial charge in [-0.2, -0.15) is 0 Å². The van der Waals surface area contributed by atoms with E-state index in [1.54, 1.807) is 11.3 Å². The highest BCUT2D eigenvalue weighted by molar-refractivity contribution is 9.10. The summed E-state index contributed by atoms with van der Waals surface area (Å²) in [5, 5.41) is 15.8. The van der Waals surface area contributed by atoms with E-state index in [9.17, 15) is 5.11 Å². The normalized spacial score (nSPS) is 20.4. The van der Waals surface area contributed by atoms with Gasteiger partial charge in [-0.05, 0) is 28.9 Å². The van der Waals surface area contributed by atoms with E-state index < -0.39 is 5.60 Å². The fourth-order valence-corrected chi connectivity index (χ4v) is 3.62. The molecule has 0 bridgehead atoms. The van der Waals surface area contributed by atoms with Crippen LogP contribution < -0.4 is 5.32 Å². The first-order valence-corrected chi connectivity index (χ1v) is 8.18. The van der Waals surface area contributed by atoms with Crippen molar-refractivity contribution in [2.45, 2.75) is 19.1 Å². The minimum absolute atomic E-state index is 0.597. The highest BCUT2D eigenvalue weighted by atomic mass is 79.9. The standard InChI is InChI=1S/C13H21BrN2O2S/c1-13(17,10-16-2-4-18-5-3-16)9-15-7-12-6-11(14)8-19-12/h6,8,15,17H,2-5,7,9-10H2,1H3. The van der Waals surface area contributed by atoms with Crippen LogP contribution in [0.3, 0.4) is 0 Å². The van der Waals surface area contributed by atoms with Gasteiger partial charge in [0.2, 0.25) is 0 Å². The summed E-state index contributed by atoms with van der Waals surface area (Å²) in [5.74, 6) is 0. The summed E-state index contributed by atoms with van der Waals surface area (Å²) >= 11 is 5.16. The zero-order valence-corrected chi connectivity index (χ0v) is 13.6. The number of thiophene rings is 1. The van der Waals surface area contributed by atoms with E-state index in [-0.39, 0.29) is 0 Å². The molecule has 0 aliphatic carbocycles. The van der Waals surface area contributed by atoms with Crippen molar-refractivity contribution < 1.29 is 9.84 Å². The molecule has 1 unspecified atom stereocenters. The average Bonchev–Trinajstić information content (AvgIpc) is 2.75. The van der Waals surface area contributed by atoms with Gasteiger partial charge in [0, 0.05) is 47.5 Å². The summed E-state index contributed by atoms with van der Waals surface area (Å²) in [6, 6.07) is 2.11. The zero-order valence-electron chi connectivity index (χ0n) is 11.2. The molecule has 0 amide bonds. The molecule has 1 saturated heterocycles. The Morgan fingerprint density at radius 3 is 2.89 bits per heavy atom. The first-order chi connectivity index (χ1) is 9.05. The van der Waals surface area contributed by atoms with Crippen LogP contribution in [-0.4, -0.2) is 55.0 Å². The minimum atomic E-state index is -0.703. The number of rotatable bonds is 6. The van der Waals surface area contributed by atoms with E-state index in [2.05, 4.69) is 37.6 Å². The van der Waals surface area contributed by atoms with Crippen LogP contribution >= 0.6 is 27.3 Å². The van der Waals surface area contributed by atoms with Crippen molar-refractivity contribution in [3.63, 3.8) is 0 Å². The SMILES string of the molecule is CC(O)(CNCc1cc(Br)cs1)CN1CCOCC1. The van der Waals surface area contributed by atoms with Gasteiger partial charge in [0.05, 0.1) is 18.8 Å². The molecule has 2 heterocycles. The van der Waals surface area contributed by atoms with Crippen LogP contribution in [0, 0.1) is 0 Å². The maximum atomic E-state index is 10.4. The van der Waals surface area contributed by atoms with Crippen LogP contribution in [0.4, 0.5) is 0 Å². The summed E-state index contributed by atoms with van der Waals surface area (Å²) in [6.07, 6.45) is 0. The van der Waals surface area contributed by atoms with Crippen LogP contribution in [0.1, 0.15) is 11.8 Å². The third-order valence-corrected chi connectivity index (χ3v) is 4.79. The Balaban J connectivity index is 1.70. The van der Waals surface area contributed by atoms with Crippen LogP contribution in [0.25, 0.3) is 0 Å². The molecule has 1 aliphatic heterocycles. The van der Waals surface area contributed by atoms with Gasteiger partial charge in [-0.25, -0.2) is 0 Å². The van der Waals surface area contributed by atoms with Gasteiger partial charge in [0.1, 0.15) is 0 Å². The molecule has 0 saturated carbocycles. The van der Waals surface area contributed by atoms with Crippen molar-refractivity contribution in [3.05, 3.63) is 20.8 Å². The summed E-state index contributed by atoms with van der Waals surface area (Å²) in [7, 11) is 0. The monoisotopic (exact) mass is 348 g/mol. The fourth-order valence-electron chi connectivity index (χ4n) is 2.20. The fraction of sp³-hybridized carbons (Fsp3) is 0.692. The summed E-state index contributed by atoms with van der Waals surface area (Å²) in [6.45, 7) is 7.34. The lowest BCUT2D eigenvalue weighted by molar-refractivity contribution is -0.0219. The minimum Gasteiger partial charge on any atom is -0.388 e. The number of β-amino-alcohol motifs (C(OH)–C–C–N with tert-alkyl or cyclic N) is 1. The largest absolute Gasteiger partial charge is 0.388 e. The first-order valence-electron chi connectivity index (χ1n) is 6.51. The van der Waals surface area contributed by atoms with E-state index in [4.69, 9.17) is 4.74 Å². The molecule has 2 rings (SSSR count). The number of hydrogen-bond donors (Lipinski definition) is 2. The molecule has 0 aromatic carbocycles. The molecular formula is C13H21BrN2O2S. The van der Waals surface area contributed by atoms with E-state index in [0.29, 0.717) is 13.1 Å². The van der Waals surface area contributed by atoms with Gasteiger partial charge >= 0.3 is 0 Å². The second kappa shape index (κ2) is 7.15. The van der Waals surface area contributed by atoms with Crippen molar-refractivity contribution in [3.8, 4) is 0 Å². The van der Waals surface area contributed by atoms with Crippen LogP contribution in [0.5, 0.6) is 0 Å². The summed E-state index contributed by atoms with van der Waals surface area (Å²) in [5.41, 5.74) is -0.703. The lowest BCUT2D eigenvalue weighted by atomic mass is 10.1. The number of morpholine rings is 1. The molecular weight excluding hydrogens is 328 g/mol. The number of ether oxygens (including phenoxy) is 1. The van der Waals surface area contributed by atoms with Crippen LogP contribution in [0.15, 0.2) is 15.9 Å². The van der Waals surface area contributed by atoms with Crippen molar-refractivity contribution >= 4 is 27.3 Å². The maximum absolute atomic E-state index is 10.4. The first kappa shape index (κ1) is 15.4. The van der Waals surface area contributed by atoms with Gasteiger partial charge in [-0.3, -0.25) is 4.90 Å². The van der Waals surface area contributed by atoms with E-state index in [1.807, 2.05) is 6.92 Å². The van der Waals surface area contributed by atoms with Gasteiger partial charge in [0.25, 0.3) is 0 Å². The lowest BCUT2D eigenvalue weighted by Gasteiger charge is -2.33. The Bertz CT molecular complexity index is 392. The van der Waals surface area contributed by atoms with Gasteiger partial charge in [-0.15, -0.1) is 11.3 Å². The molecule has 1 aromatic rings. The summed E-state index contributed by atoms with van der Waals surface area (Å²) < 4.78 is 6.43. The third-order valence-electron chi connectivity index (χ3n) is 3.09. The molecule has 19 heavy (non-hydrogen) atoms. The molecule has 1 fully saturated rings. The smallest absolute Gasteiger partial charge is 0.0869 e. The number of halogens is 1. The molecule has 1 aromatic heterocycles. The Kier molecular flexibility index (Phi) is 5.80. The summed E-state index contributed by atoms with van der Waals surface area (Å²) in [4.78, 5) is 3.53. The predicted molar refractivity (Wildman–Crippen MR) is 81.6 cm³/mol. The highest BCUT2D eigenvalue weighted by Crippen LogP contribution is 2.19. The third kappa shape index (κ3) is 5.49. The average molecular weight is 349 g/mol. The van der Waals surface area contributed by atoms with Crippen molar-refractivity contribution in [2.24, 2.45) is 0 Å². The van der Waals surface area contributed by atoms with E-state index in [0.717, 1.165) is 37.3 Å². The zero-order chi connectivity index (χ0) is 13.7. The quantitative estimate of drug-likeness (QED) is 0.820. The van der Waals surface area contributed by atoms with Crippen LogP contribution in [0.2, 0.25) is 0 Å². The van der Waals surface area contributed by atoms with E-state index in [1.165, 1.54) is 4.88 Å². The Morgan fingerprint density at radius 1 is 1.53 bits per heavy atom. The molecule has 2 N–H and O–H groups in total. The molecule has 1 atom stereocenters. The van der Waals surface area contributed by atoms with E-state index >= 15 is 0 Å². The molecule has 108 valence electrons. The molecule has 1 aliphatic rings. The predicted octanol–water partition coefficient (Wildman–Crippen LogP) is 1.68. The van der Waals surface area contributed by atoms with Crippen LogP contribution in [-0.2, 0) is 11.3 Å². The Labute approximate surface area is 126 Å². The highest BCUT2D eigenvalue weighted by Gasteiger charge is 2.24. The second-order valence-corrected chi connectivity index (χ2v) is 7.13. The molecule has 6 heteroatoms. The molecule has 0 radical (unpaired) electrons. The Morgan fingerprint density at radius 2 is 2.26 bits per heavy atom. The second-order valence-electron chi connectivity index (χ2n) is 5.22. The molecule has 4 nitrogen and oxygen atoms in total. The number of hydrogen-bond acceptors (Lipinski definition) is 5. The van der Waals surface area contributed by atoms with Gasteiger partial charge < -0.3 is 15.2 Å². The Hall–Kier alpha value is 0.0200. The van der Waals surface area contributed by atoms with Crippen molar-refractivity contribution in [2.75, 3.05) is 39.4 Å². The number of aliphatic hydroxyl groups is 1. The van der Waals surface area contributed by atoms with Crippen molar-refractivity contribution in [1.29, 1.82) is 0 Å². The van der Waals surface area contributed by atoms with Gasteiger partial charge in [0.15, 0.2) is 0 Å². The lowest BCUT2D eigenvalue weighted by Crippen LogP contribution is -2.50. The topological polar surface area (TPSA) is 44.7 Å². The van der Waals surface area contributed by atoms with Gasteiger partial charge in [-0.1, -0.05) is 0 Å².